The van der Waals surface area contributed by atoms with Crippen LogP contribution in [0.5, 0.6) is 0 Å². The van der Waals surface area contributed by atoms with Gasteiger partial charge in [0.2, 0.25) is 10.0 Å². The molecule has 0 saturated carbocycles. The van der Waals surface area contributed by atoms with Crippen molar-refractivity contribution in [2.24, 2.45) is 0 Å². The number of sulfonamides is 1. The Bertz CT molecular complexity index is 895. The first kappa shape index (κ1) is 19.4. The van der Waals surface area contributed by atoms with Gasteiger partial charge in [-0.2, -0.15) is 9.40 Å². The van der Waals surface area contributed by atoms with Gasteiger partial charge in [-0.15, -0.1) is 5.10 Å². The molecule has 7 nitrogen and oxygen atoms in total. The van der Waals surface area contributed by atoms with Gasteiger partial charge >= 0.3 is 0 Å². The fraction of sp³-hybridized carbons (Fsp3) is 0.412. The normalized spacial score (nSPS) is 15.8. The van der Waals surface area contributed by atoms with Crippen molar-refractivity contribution in [3.8, 4) is 0 Å². The molecule has 0 radical (unpaired) electrons. The summed E-state index contributed by atoms with van der Waals surface area (Å²) >= 11 is 0. The van der Waals surface area contributed by atoms with Crippen LogP contribution in [0.15, 0.2) is 30.5 Å². The Labute approximate surface area is 157 Å². The molecule has 1 aliphatic rings. The summed E-state index contributed by atoms with van der Waals surface area (Å²) in [6, 6.07) is 4.70. The standard InChI is InChI=1S/C17H21F2N5O2S/c1-22(2)16-10-17(21-20-11-16)23-3-5-24(6-4-23)27(25,26)12-13-7-14(18)9-15(19)8-13/h7-11H,3-6,12H2,1-2H3. The number of rotatable bonds is 5. The molecular formula is C17H21F2N5O2S. The van der Waals surface area contributed by atoms with E-state index in [4.69, 9.17) is 0 Å². The van der Waals surface area contributed by atoms with Gasteiger partial charge in [0.25, 0.3) is 0 Å². The van der Waals surface area contributed by atoms with Crippen LogP contribution in [0.1, 0.15) is 5.56 Å². The lowest BCUT2D eigenvalue weighted by Crippen LogP contribution is -2.49. The maximum Gasteiger partial charge on any atom is 0.218 e. The largest absolute Gasteiger partial charge is 0.376 e. The second kappa shape index (κ2) is 7.73. The number of nitrogens with zero attached hydrogens (tertiary/aromatic N) is 5. The zero-order valence-electron chi connectivity index (χ0n) is 15.1. The van der Waals surface area contributed by atoms with Crippen LogP contribution < -0.4 is 9.80 Å². The van der Waals surface area contributed by atoms with Crippen LogP contribution >= 0.6 is 0 Å². The molecule has 3 rings (SSSR count). The molecule has 146 valence electrons. The quantitative estimate of drug-likeness (QED) is 0.761. The fourth-order valence-corrected chi connectivity index (χ4v) is 4.43. The summed E-state index contributed by atoms with van der Waals surface area (Å²) in [6.07, 6.45) is 1.66. The third-order valence-corrected chi connectivity index (χ3v) is 6.22. The van der Waals surface area contributed by atoms with Crippen LogP contribution in [0, 0.1) is 11.6 Å². The molecule has 0 unspecified atom stereocenters. The van der Waals surface area contributed by atoms with E-state index in [0.29, 0.717) is 18.9 Å². The molecule has 1 aromatic carbocycles. The first-order valence-corrected chi connectivity index (χ1v) is 10.0. The minimum absolute atomic E-state index is 0.0967. The van der Waals surface area contributed by atoms with Crippen molar-refractivity contribution in [1.82, 2.24) is 14.5 Å². The maximum absolute atomic E-state index is 13.3. The van der Waals surface area contributed by atoms with Crippen molar-refractivity contribution < 1.29 is 17.2 Å². The molecule has 0 bridgehead atoms. The molecule has 1 aromatic heterocycles. The van der Waals surface area contributed by atoms with E-state index in [1.54, 1.807) is 6.20 Å². The number of hydrogen-bond donors (Lipinski definition) is 0. The lowest BCUT2D eigenvalue weighted by atomic mass is 10.2. The van der Waals surface area contributed by atoms with Gasteiger partial charge in [-0.25, -0.2) is 17.2 Å². The molecule has 0 amide bonds. The van der Waals surface area contributed by atoms with E-state index in [1.807, 2.05) is 30.0 Å². The van der Waals surface area contributed by atoms with Gasteiger partial charge in [-0.1, -0.05) is 0 Å². The molecule has 2 aromatic rings. The monoisotopic (exact) mass is 397 g/mol. The molecule has 0 atom stereocenters. The topological polar surface area (TPSA) is 69.6 Å². The van der Waals surface area contributed by atoms with Crippen LogP contribution in [0.25, 0.3) is 0 Å². The Balaban J connectivity index is 1.66. The number of halogens is 2. The van der Waals surface area contributed by atoms with Crippen LogP contribution in [0.3, 0.4) is 0 Å². The van der Waals surface area contributed by atoms with Gasteiger partial charge in [-0.3, -0.25) is 0 Å². The molecule has 1 aliphatic heterocycles. The molecule has 2 heterocycles. The van der Waals surface area contributed by atoms with Gasteiger partial charge < -0.3 is 9.80 Å². The van der Waals surface area contributed by atoms with E-state index in [9.17, 15) is 17.2 Å². The maximum atomic E-state index is 13.3. The molecule has 0 N–H and O–H groups in total. The minimum Gasteiger partial charge on any atom is -0.376 e. The van der Waals surface area contributed by atoms with Crippen molar-refractivity contribution in [2.75, 3.05) is 50.1 Å². The molecule has 27 heavy (non-hydrogen) atoms. The van der Waals surface area contributed by atoms with E-state index in [0.717, 1.165) is 23.9 Å². The van der Waals surface area contributed by atoms with Crippen molar-refractivity contribution in [3.63, 3.8) is 0 Å². The zero-order chi connectivity index (χ0) is 19.6. The summed E-state index contributed by atoms with van der Waals surface area (Å²) < 4.78 is 53.1. The average molecular weight is 397 g/mol. The Morgan fingerprint density at radius 1 is 1.04 bits per heavy atom. The minimum atomic E-state index is -3.67. The summed E-state index contributed by atoms with van der Waals surface area (Å²) in [5.41, 5.74) is 1.00. The summed E-state index contributed by atoms with van der Waals surface area (Å²) in [4.78, 5) is 3.88. The van der Waals surface area contributed by atoms with Gasteiger partial charge in [0.15, 0.2) is 5.82 Å². The van der Waals surface area contributed by atoms with Gasteiger partial charge in [0.05, 0.1) is 17.6 Å². The first-order valence-electron chi connectivity index (χ1n) is 8.42. The second-order valence-corrected chi connectivity index (χ2v) is 8.56. The summed E-state index contributed by atoms with van der Waals surface area (Å²) in [7, 11) is 0.139. The van der Waals surface area contributed by atoms with E-state index < -0.39 is 27.4 Å². The van der Waals surface area contributed by atoms with E-state index >= 15 is 0 Å². The average Bonchev–Trinajstić information content (AvgIpc) is 2.60. The number of anilines is 2. The third-order valence-electron chi connectivity index (χ3n) is 4.37. The molecular weight excluding hydrogens is 376 g/mol. The van der Waals surface area contributed by atoms with Crippen molar-refractivity contribution in [3.05, 3.63) is 47.7 Å². The third kappa shape index (κ3) is 4.69. The highest BCUT2D eigenvalue weighted by atomic mass is 32.2. The highest BCUT2D eigenvalue weighted by molar-refractivity contribution is 7.88. The Kier molecular flexibility index (Phi) is 5.56. The number of piperazine rings is 1. The van der Waals surface area contributed by atoms with Gasteiger partial charge in [-0.05, 0) is 17.7 Å². The van der Waals surface area contributed by atoms with Gasteiger partial charge in [0.1, 0.15) is 11.6 Å². The van der Waals surface area contributed by atoms with Crippen LogP contribution in [-0.2, 0) is 15.8 Å². The highest BCUT2D eigenvalue weighted by Gasteiger charge is 2.28. The lowest BCUT2D eigenvalue weighted by Gasteiger charge is -2.34. The number of benzene rings is 1. The Morgan fingerprint density at radius 3 is 2.26 bits per heavy atom. The first-order chi connectivity index (χ1) is 12.7. The van der Waals surface area contributed by atoms with E-state index in [1.165, 1.54) is 4.31 Å². The smallest absolute Gasteiger partial charge is 0.218 e. The second-order valence-electron chi connectivity index (χ2n) is 6.59. The predicted octanol–water partition coefficient (Wildman–Crippen LogP) is 1.47. The fourth-order valence-electron chi connectivity index (χ4n) is 2.94. The van der Waals surface area contributed by atoms with Crippen LogP contribution in [-0.4, -0.2) is 63.2 Å². The van der Waals surface area contributed by atoms with E-state index in [-0.39, 0.29) is 18.7 Å². The molecule has 1 fully saturated rings. The SMILES string of the molecule is CN(C)c1cnnc(N2CCN(S(=O)(=O)Cc3cc(F)cc(F)c3)CC2)c1. The lowest BCUT2D eigenvalue weighted by molar-refractivity contribution is 0.383. The van der Waals surface area contributed by atoms with Crippen LogP contribution in [0.2, 0.25) is 0 Å². The van der Waals surface area contributed by atoms with Crippen molar-refractivity contribution >= 4 is 21.5 Å². The zero-order valence-corrected chi connectivity index (χ0v) is 16.0. The molecule has 0 aliphatic carbocycles. The Morgan fingerprint density at radius 2 is 1.67 bits per heavy atom. The van der Waals surface area contributed by atoms with Crippen molar-refractivity contribution in [2.45, 2.75) is 5.75 Å². The Hall–Kier alpha value is -2.33. The summed E-state index contributed by atoms with van der Waals surface area (Å²) in [5.74, 6) is -1.32. The van der Waals surface area contributed by atoms with Gasteiger partial charge in [0, 0.05) is 52.4 Å². The molecule has 10 heteroatoms. The van der Waals surface area contributed by atoms with Crippen molar-refractivity contribution in [1.29, 1.82) is 0 Å². The summed E-state index contributed by atoms with van der Waals surface area (Å²) in [5, 5.41) is 8.10. The molecule has 0 spiro atoms. The predicted molar refractivity (Wildman–Crippen MR) is 99.1 cm³/mol. The number of hydrogen-bond acceptors (Lipinski definition) is 6. The summed E-state index contributed by atoms with van der Waals surface area (Å²) in [6.45, 7) is 1.46. The van der Waals surface area contributed by atoms with Crippen LogP contribution in [0.4, 0.5) is 20.3 Å². The molecule has 1 saturated heterocycles. The number of aromatic nitrogens is 2. The van der Waals surface area contributed by atoms with E-state index in [2.05, 4.69) is 10.2 Å². The highest BCUT2D eigenvalue weighted by Crippen LogP contribution is 2.21.